The second-order valence-electron chi connectivity index (χ2n) is 20.7. The highest BCUT2D eigenvalue weighted by atomic mass is 32.1. The van der Waals surface area contributed by atoms with E-state index in [1.165, 1.54) is 133 Å². The second-order valence-corrected chi connectivity index (χ2v) is 21.8. The van der Waals surface area contributed by atoms with Crippen molar-refractivity contribution in [2.75, 3.05) is 120 Å². The summed E-state index contributed by atoms with van der Waals surface area (Å²) in [5.74, 6) is 0.884. The molecule has 1 aromatic heterocycles. The number of hydrogen-bond donors (Lipinski definition) is 0. The van der Waals surface area contributed by atoms with Crippen LogP contribution in [-0.4, -0.2) is 142 Å². The first-order chi connectivity index (χ1) is 37.4. The normalized spacial score (nSPS) is 11.7. The Morgan fingerprint density at radius 2 is 0.737 bits per heavy atom. The Morgan fingerprint density at radius 1 is 0.395 bits per heavy atom. The van der Waals surface area contributed by atoms with Gasteiger partial charge in [-0.05, 0) is 134 Å². The standard InChI is InChI=1S/C62H112N2O11S/c1-6-9-12-27-43-69-53-72-46-30-19-15-23-37-63(38-24-16-20-31-47-73-54-70-44-28-13-10-7-2)41-34-42-64(39-25-17-21-32-48-74-55-71-45-29-14-11-8-3)40-26-18-22-33-49-75-62(66)36-35-57(65)61-51-56-50-58(67-4)59(68-5)52-60(56)76-61/h50-52H,6-49,53-55H2,1-5H3. The summed E-state index contributed by atoms with van der Waals surface area (Å²) in [7, 11) is 3.20. The minimum absolute atomic E-state index is 0.0548. The number of carbonyl (C=O) groups is 2. The van der Waals surface area contributed by atoms with Crippen LogP contribution in [0.25, 0.3) is 10.1 Å². The van der Waals surface area contributed by atoms with E-state index >= 15 is 0 Å². The molecule has 0 N–H and O–H groups in total. The molecule has 1 heterocycles. The van der Waals surface area contributed by atoms with Crippen LogP contribution in [0.1, 0.15) is 229 Å². The molecule has 0 fully saturated rings. The van der Waals surface area contributed by atoms with Gasteiger partial charge < -0.3 is 52.4 Å². The maximum Gasteiger partial charge on any atom is 0.306 e. The first-order valence-corrected chi connectivity index (χ1v) is 31.5. The fourth-order valence-corrected chi connectivity index (χ4v) is 10.2. The molecule has 0 aliphatic rings. The Hall–Kier alpha value is -2.40. The molecule has 0 radical (unpaired) electrons. The van der Waals surface area contributed by atoms with Gasteiger partial charge in [-0.1, -0.05) is 130 Å². The van der Waals surface area contributed by atoms with E-state index in [0.717, 1.165) is 153 Å². The molecule has 1 aromatic carbocycles. The van der Waals surface area contributed by atoms with Crippen molar-refractivity contribution >= 4 is 33.2 Å². The lowest BCUT2D eigenvalue weighted by atomic mass is 10.1. The number of thiophene rings is 1. The number of methoxy groups -OCH3 is 2. The minimum atomic E-state index is -0.311. The highest BCUT2D eigenvalue weighted by Gasteiger charge is 2.16. The van der Waals surface area contributed by atoms with Crippen molar-refractivity contribution < 1.29 is 52.2 Å². The molecule has 0 spiro atoms. The Balaban J connectivity index is 1.79. The van der Waals surface area contributed by atoms with Gasteiger partial charge in [0, 0.05) is 56.8 Å². The van der Waals surface area contributed by atoms with E-state index in [0.29, 0.717) is 43.4 Å². The molecule has 2 aromatic rings. The van der Waals surface area contributed by atoms with E-state index in [-0.39, 0.29) is 24.6 Å². The molecule has 2 rings (SSSR count). The summed E-state index contributed by atoms with van der Waals surface area (Å²) < 4.78 is 51.6. The van der Waals surface area contributed by atoms with Gasteiger partial charge in [-0.2, -0.15) is 0 Å². The van der Waals surface area contributed by atoms with Crippen molar-refractivity contribution in [2.45, 2.75) is 220 Å². The van der Waals surface area contributed by atoms with Crippen LogP contribution in [0.15, 0.2) is 18.2 Å². The molecule has 0 atom stereocenters. The molecule has 0 unspecified atom stereocenters. The monoisotopic (exact) mass is 1090 g/mol. The van der Waals surface area contributed by atoms with Gasteiger partial charge in [0.05, 0.1) is 32.1 Å². The first kappa shape index (κ1) is 69.7. The number of nitrogens with zero attached hydrogens (tertiary/aromatic N) is 2. The van der Waals surface area contributed by atoms with Crippen molar-refractivity contribution in [2.24, 2.45) is 0 Å². The van der Waals surface area contributed by atoms with Crippen LogP contribution in [0.4, 0.5) is 0 Å². The molecule has 0 aliphatic carbocycles. The van der Waals surface area contributed by atoms with Crippen LogP contribution in [0.3, 0.4) is 0 Å². The molecule has 0 saturated heterocycles. The van der Waals surface area contributed by atoms with Gasteiger partial charge in [0.1, 0.15) is 20.4 Å². The maximum absolute atomic E-state index is 13.0. The van der Waals surface area contributed by atoms with Gasteiger partial charge in [0.25, 0.3) is 0 Å². The predicted octanol–water partition coefficient (Wildman–Crippen LogP) is 15.4. The molecule has 0 amide bonds. The largest absolute Gasteiger partial charge is 0.493 e. The molecule has 0 bridgehead atoms. The number of esters is 1. The lowest BCUT2D eigenvalue weighted by Gasteiger charge is -2.26. The number of hydrogen-bond acceptors (Lipinski definition) is 14. The highest BCUT2D eigenvalue weighted by molar-refractivity contribution is 7.20. The summed E-state index contributed by atoms with van der Waals surface area (Å²) in [6.07, 6.45) is 34.3. The fraction of sp³-hybridized carbons (Fsp3) is 0.839. The first-order valence-electron chi connectivity index (χ1n) is 30.7. The number of Topliss-reactive ketones (excluding diaryl/α,β-unsaturated/α-hetero) is 1. The van der Waals surface area contributed by atoms with Gasteiger partial charge in [0.2, 0.25) is 0 Å². The van der Waals surface area contributed by atoms with Crippen molar-refractivity contribution in [3.05, 3.63) is 23.1 Å². The predicted molar refractivity (Wildman–Crippen MR) is 314 cm³/mol. The number of unbranched alkanes of at least 4 members (excludes halogenated alkanes) is 21. The Kier molecular flexibility index (Phi) is 47.7. The molecule has 0 aliphatic heterocycles. The molecular formula is C62H112N2O11S. The quantitative estimate of drug-likeness (QED) is 0.0270. The number of benzene rings is 1. The summed E-state index contributed by atoms with van der Waals surface area (Å²) in [6.45, 7) is 19.9. The zero-order valence-electron chi connectivity index (χ0n) is 49.3. The van der Waals surface area contributed by atoms with Crippen molar-refractivity contribution in [1.29, 1.82) is 0 Å². The van der Waals surface area contributed by atoms with Crippen LogP contribution in [-0.2, 0) is 38.0 Å². The van der Waals surface area contributed by atoms with Crippen molar-refractivity contribution in [3.63, 3.8) is 0 Å². The second kappa shape index (κ2) is 52.0. The van der Waals surface area contributed by atoms with E-state index in [2.05, 4.69) is 30.6 Å². The summed E-state index contributed by atoms with van der Waals surface area (Å²) in [5.41, 5.74) is 0. The summed E-state index contributed by atoms with van der Waals surface area (Å²) in [5, 5.41) is 0.920. The Labute approximate surface area is 467 Å². The SMILES string of the molecule is CCCCCCOCOCCCCCCN(CCCCCCOCOCCCCCC)CCCN(CCCCCCOCOCCCCCC)CCCCCCOC(=O)CCC(=O)c1cc2cc(OC)c(OC)cc2s1. The van der Waals surface area contributed by atoms with E-state index in [9.17, 15) is 9.59 Å². The number of fused-ring (bicyclic) bond motifs is 1. The van der Waals surface area contributed by atoms with Crippen LogP contribution in [0.5, 0.6) is 11.5 Å². The Morgan fingerprint density at radius 3 is 1.12 bits per heavy atom. The number of ketones is 1. The average molecular weight is 1090 g/mol. The summed E-state index contributed by atoms with van der Waals surface area (Å²) >= 11 is 1.41. The number of ether oxygens (including phenoxy) is 9. The average Bonchev–Trinajstić information content (AvgIpc) is 3.86. The number of carbonyl (C=O) groups excluding carboxylic acids is 2. The van der Waals surface area contributed by atoms with E-state index in [1.54, 1.807) is 14.2 Å². The third kappa shape index (κ3) is 39.0. The van der Waals surface area contributed by atoms with Gasteiger partial charge in [0.15, 0.2) is 17.3 Å². The van der Waals surface area contributed by atoms with Crippen LogP contribution < -0.4 is 9.47 Å². The summed E-state index contributed by atoms with van der Waals surface area (Å²) in [4.78, 5) is 31.7. The van der Waals surface area contributed by atoms with Crippen molar-refractivity contribution in [3.8, 4) is 11.5 Å². The van der Waals surface area contributed by atoms with Gasteiger partial charge in [-0.15, -0.1) is 11.3 Å². The van der Waals surface area contributed by atoms with Crippen LogP contribution in [0, 0.1) is 0 Å². The zero-order chi connectivity index (χ0) is 54.6. The van der Waals surface area contributed by atoms with Gasteiger partial charge >= 0.3 is 5.97 Å². The zero-order valence-corrected chi connectivity index (χ0v) is 50.1. The third-order valence-electron chi connectivity index (χ3n) is 13.9. The van der Waals surface area contributed by atoms with Gasteiger partial charge in [-0.3, -0.25) is 9.59 Å². The van der Waals surface area contributed by atoms with Crippen LogP contribution in [0.2, 0.25) is 0 Å². The third-order valence-corrected chi connectivity index (χ3v) is 15.0. The van der Waals surface area contributed by atoms with E-state index in [4.69, 9.17) is 42.6 Å². The van der Waals surface area contributed by atoms with E-state index in [1.807, 2.05) is 18.2 Å². The van der Waals surface area contributed by atoms with Crippen LogP contribution >= 0.6 is 11.3 Å². The molecule has 13 nitrogen and oxygen atoms in total. The number of rotatable bonds is 59. The summed E-state index contributed by atoms with van der Waals surface area (Å²) in [6, 6.07) is 5.62. The Bertz CT molecular complexity index is 1540. The van der Waals surface area contributed by atoms with Crippen molar-refractivity contribution in [1.82, 2.24) is 9.80 Å². The maximum atomic E-state index is 13.0. The molecule has 442 valence electrons. The van der Waals surface area contributed by atoms with E-state index < -0.39 is 0 Å². The molecule has 0 saturated carbocycles. The molecule has 14 heteroatoms. The highest BCUT2D eigenvalue weighted by Crippen LogP contribution is 2.37. The smallest absolute Gasteiger partial charge is 0.306 e. The lowest BCUT2D eigenvalue weighted by molar-refractivity contribution is -0.143. The minimum Gasteiger partial charge on any atom is -0.493 e. The molecule has 76 heavy (non-hydrogen) atoms. The fourth-order valence-electron chi connectivity index (χ4n) is 9.18. The topological polar surface area (TPSA) is 124 Å². The van der Waals surface area contributed by atoms with Gasteiger partial charge in [-0.25, -0.2) is 0 Å². The lowest BCUT2D eigenvalue weighted by Crippen LogP contribution is -2.32. The molecular weight excluding hydrogens is 981 g/mol.